The Morgan fingerprint density at radius 1 is 1.04 bits per heavy atom. The van der Waals surface area contributed by atoms with E-state index in [0.717, 1.165) is 15.6 Å². The Morgan fingerprint density at radius 3 is 2.30 bits per heavy atom. The van der Waals surface area contributed by atoms with Gasteiger partial charge in [-0.2, -0.15) is 9.50 Å². The quantitative estimate of drug-likeness (QED) is 0.464. The zero-order valence-corrected chi connectivity index (χ0v) is 17.6. The molecule has 4 aromatic rings. The summed E-state index contributed by atoms with van der Waals surface area (Å²) in [6, 6.07) is 16.0. The van der Waals surface area contributed by atoms with Crippen LogP contribution >= 0.6 is 27.3 Å². The Hall–Kier alpha value is -2.31. The molecule has 0 spiro atoms. The lowest BCUT2D eigenvalue weighted by atomic mass is 9.87. The molecule has 4 nitrogen and oxygen atoms in total. The van der Waals surface area contributed by atoms with Gasteiger partial charge >= 0.3 is 0 Å². The van der Waals surface area contributed by atoms with E-state index in [4.69, 9.17) is 0 Å². The van der Waals surface area contributed by atoms with Crippen LogP contribution in [-0.2, 0) is 5.41 Å². The van der Waals surface area contributed by atoms with E-state index in [1.165, 1.54) is 21.4 Å². The maximum absolute atomic E-state index is 12.7. The number of thiazole rings is 1. The molecular formula is C21H18BrN3OS. The number of hydrogen-bond donors (Lipinski definition) is 0. The average Bonchev–Trinajstić information content (AvgIpc) is 3.15. The molecule has 27 heavy (non-hydrogen) atoms. The van der Waals surface area contributed by atoms with Crippen molar-refractivity contribution in [3.63, 3.8) is 0 Å². The number of fused-ring (bicyclic) bond motifs is 1. The van der Waals surface area contributed by atoms with Gasteiger partial charge in [-0.15, -0.1) is 5.10 Å². The third-order valence-corrected chi connectivity index (χ3v) is 5.85. The summed E-state index contributed by atoms with van der Waals surface area (Å²) >= 11 is 4.77. The summed E-state index contributed by atoms with van der Waals surface area (Å²) in [5.41, 5.74) is 3.13. The van der Waals surface area contributed by atoms with Gasteiger partial charge in [0.15, 0.2) is 5.82 Å². The van der Waals surface area contributed by atoms with Crippen LogP contribution in [0.25, 0.3) is 22.4 Å². The van der Waals surface area contributed by atoms with Crippen molar-refractivity contribution in [2.24, 2.45) is 0 Å². The summed E-state index contributed by atoms with van der Waals surface area (Å²) in [4.78, 5) is 17.8. The fraction of sp³-hybridized carbons (Fsp3) is 0.190. The number of hydrogen-bond acceptors (Lipinski definition) is 4. The Morgan fingerprint density at radius 2 is 1.70 bits per heavy atom. The van der Waals surface area contributed by atoms with E-state index < -0.39 is 0 Å². The average molecular weight is 440 g/mol. The van der Waals surface area contributed by atoms with Crippen molar-refractivity contribution in [3.05, 3.63) is 79.0 Å². The first kappa shape index (κ1) is 18.1. The molecule has 0 bridgehead atoms. The van der Waals surface area contributed by atoms with Crippen LogP contribution in [0, 0.1) is 0 Å². The van der Waals surface area contributed by atoms with Crippen molar-refractivity contribution >= 4 is 38.3 Å². The third-order valence-electron chi connectivity index (χ3n) is 4.36. The van der Waals surface area contributed by atoms with E-state index in [-0.39, 0.29) is 11.0 Å². The summed E-state index contributed by atoms with van der Waals surface area (Å²) in [5, 5.41) is 4.39. The van der Waals surface area contributed by atoms with E-state index in [9.17, 15) is 4.79 Å². The summed E-state index contributed by atoms with van der Waals surface area (Å²) in [6.45, 7) is 6.55. The van der Waals surface area contributed by atoms with Crippen LogP contribution in [0.15, 0.2) is 57.8 Å². The highest BCUT2D eigenvalue weighted by atomic mass is 79.9. The highest BCUT2D eigenvalue weighted by molar-refractivity contribution is 9.10. The molecule has 0 amide bonds. The number of rotatable bonds is 2. The number of halogens is 1. The van der Waals surface area contributed by atoms with E-state index in [0.29, 0.717) is 15.3 Å². The molecule has 6 heteroatoms. The normalized spacial score (nSPS) is 12.8. The maximum atomic E-state index is 12.7. The molecule has 4 rings (SSSR count). The van der Waals surface area contributed by atoms with Crippen molar-refractivity contribution < 1.29 is 0 Å². The van der Waals surface area contributed by atoms with E-state index in [2.05, 4.69) is 58.9 Å². The lowest BCUT2D eigenvalue weighted by Gasteiger charge is -2.18. The fourth-order valence-corrected chi connectivity index (χ4v) is 3.96. The first-order valence-electron chi connectivity index (χ1n) is 8.59. The van der Waals surface area contributed by atoms with E-state index in [1.54, 1.807) is 0 Å². The Bertz CT molecular complexity index is 1220. The van der Waals surface area contributed by atoms with Crippen molar-refractivity contribution in [2.75, 3.05) is 0 Å². The van der Waals surface area contributed by atoms with Crippen LogP contribution < -0.4 is 10.1 Å². The van der Waals surface area contributed by atoms with Crippen LogP contribution in [0.5, 0.6) is 0 Å². The molecule has 0 aliphatic carbocycles. The Balaban J connectivity index is 1.72. The zero-order valence-electron chi connectivity index (χ0n) is 15.2. The predicted octanol–water partition coefficient (Wildman–Crippen LogP) is 4.43. The smallest absolute Gasteiger partial charge is 0.266 e. The second-order valence-corrected chi connectivity index (χ2v) is 9.35. The number of nitrogens with zero attached hydrogens (tertiary/aromatic N) is 3. The SMILES string of the molecule is CC(C)(C)c1ccc(C=c2sc3nc(-c4ccc(Br)cc4)nn3c2=O)cc1. The molecule has 2 aromatic carbocycles. The number of benzene rings is 2. The van der Waals surface area contributed by atoms with Gasteiger partial charge in [0.25, 0.3) is 5.56 Å². The van der Waals surface area contributed by atoms with Gasteiger partial charge in [0.2, 0.25) is 4.96 Å². The summed E-state index contributed by atoms with van der Waals surface area (Å²) in [7, 11) is 0. The predicted molar refractivity (Wildman–Crippen MR) is 114 cm³/mol. The van der Waals surface area contributed by atoms with Crippen LogP contribution in [0.1, 0.15) is 31.9 Å². The molecule has 0 unspecified atom stereocenters. The van der Waals surface area contributed by atoms with Gasteiger partial charge in [-0.3, -0.25) is 4.79 Å². The van der Waals surface area contributed by atoms with Crippen LogP contribution in [0.4, 0.5) is 0 Å². The van der Waals surface area contributed by atoms with Crippen LogP contribution in [-0.4, -0.2) is 14.6 Å². The van der Waals surface area contributed by atoms with Gasteiger partial charge in [-0.1, -0.05) is 84.4 Å². The van der Waals surface area contributed by atoms with Crippen LogP contribution in [0.2, 0.25) is 0 Å². The zero-order chi connectivity index (χ0) is 19.2. The first-order chi connectivity index (χ1) is 12.8. The molecule has 0 atom stereocenters. The highest BCUT2D eigenvalue weighted by Crippen LogP contribution is 2.22. The van der Waals surface area contributed by atoms with Crippen molar-refractivity contribution in [1.29, 1.82) is 0 Å². The van der Waals surface area contributed by atoms with E-state index >= 15 is 0 Å². The van der Waals surface area contributed by atoms with Gasteiger partial charge in [0.05, 0.1) is 4.53 Å². The summed E-state index contributed by atoms with van der Waals surface area (Å²) in [6.07, 6.45) is 1.90. The lowest BCUT2D eigenvalue weighted by Crippen LogP contribution is -2.23. The first-order valence-corrected chi connectivity index (χ1v) is 10.2. The van der Waals surface area contributed by atoms with Crippen molar-refractivity contribution in [2.45, 2.75) is 26.2 Å². The molecular weight excluding hydrogens is 422 g/mol. The highest BCUT2D eigenvalue weighted by Gasteiger charge is 2.14. The Kier molecular flexibility index (Phi) is 4.48. The van der Waals surface area contributed by atoms with E-state index in [1.807, 2.05) is 42.5 Å². The second-order valence-electron chi connectivity index (χ2n) is 7.42. The number of aromatic nitrogens is 3. The van der Waals surface area contributed by atoms with Gasteiger partial charge in [-0.25, -0.2) is 0 Å². The molecule has 2 aromatic heterocycles. The molecule has 0 aliphatic heterocycles. The molecule has 0 fully saturated rings. The van der Waals surface area contributed by atoms with Crippen molar-refractivity contribution in [1.82, 2.24) is 14.6 Å². The van der Waals surface area contributed by atoms with Gasteiger partial charge in [0.1, 0.15) is 0 Å². The second kappa shape index (κ2) is 6.69. The van der Waals surface area contributed by atoms with Gasteiger partial charge in [-0.05, 0) is 34.8 Å². The molecule has 0 saturated heterocycles. The van der Waals surface area contributed by atoms with Gasteiger partial charge in [0, 0.05) is 10.0 Å². The molecule has 0 radical (unpaired) electrons. The molecule has 0 saturated carbocycles. The molecule has 0 aliphatic rings. The molecule has 2 heterocycles. The van der Waals surface area contributed by atoms with Gasteiger partial charge < -0.3 is 0 Å². The standard InChI is InChI=1S/C21H18BrN3OS/c1-21(2,3)15-8-4-13(5-9-15)12-17-19(26)25-20(27-17)23-18(24-25)14-6-10-16(22)11-7-14/h4-12H,1-3H3. The van der Waals surface area contributed by atoms with Crippen molar-refractivity contribution in [3.8, 4) is 11.4 Å². The maximum Gasteiger partial charge on any atom is 0.291 e. The summed E-state index contributed by atoms with van der Waals surface area (Å²) < 4.78 is 3.01. The minimum Gasteiger partial charge on any atom is -0.266 e. The Labute approximate surface area is 169 Å². The largest absolute Gasteiger partial charge is 0.291 e. The monoisotopic (exact) mass is 439 g/mol. The lowest BCUT2D eigenvalue weighted by molar-refractivity contribution is 0.590. The summed E-state index contributed by atoms with van der Waals surface area (Å²) in [5.74, 6) is 0.562. The molecule has 0 N–H and O–H groups in total. The minimum atomic E-state index is -0.134. The minimum absolute atomic E-state index is 0.110. The fourth-order valence-electron chi connectivity index (χ4n) is 2.79. The third kappa shape index (κ3) is 3.59. The van der Waals surface area contributed by atoms with Crippen LogP contribution in [0.3, 0.4) is 0 Å². The topological polar surface area (TPSA) is 47.3 Å². The molecule has 136 valence electrons.